The number of nitrogens with zero attached hydrogens (tertiary/aromatic N) is 4. The molecule has 1 aliphatic rings. The summed E-state index contributed by atoms with van der Waals surface area (Å²) in [4.78, 5) is 26.5. The molecule has 1 aliphatic heterocycles. The molecule has 0 unspecified atom stereocenters. The van der Waals surface area contributed by atoms with Gasteiger partial charge >= 0.3 is 0 Å². The van der Waals surface area contributed by atoms with Gasteiger partial charge in [0.2, 0.25) is 0 Å². The van der Waals surface area contributed by atoms with Crippen molar-refractivity contribution >= 4 is 29.0 Å². The molecule has 31 heavy (non-hydrogen) atoms. The third kappa shape index (κ3) is 5.70. The van der Waals surface area contributed by atoms with Gasteiger partial charge in [0, 0.05) is 50.1 Å². The van der Waals surface area contributed by atoms with E-state index in [2.05, 4.69) is 27.2 Å². The number of aromatic nitrogens is 2. The van der Waals surface area contributed by atoms with Crippen molar-refractivity contribution in [1.82, 2.24) is 19.8 Å². The third-order valence-corrected chi connectivity index (χ3v) is 7.36. The van der Waals surface area contributed by atoms with Crippen LogP contribution in [0.15, 0.2) is 53.0 Å². The van der Waals surface area contributed by atoms with Crippen molar-refractivity contribution in [2.45, 2.75) is 30.7 Å². The quantitative estimate of drug-likeness (QED) is 0.490. The topological polar surface area (TPSA) is 49.3 Å². The van der Waals surface area contributed by atoms with Gasteiger partial charge in [0.15, 0.2) is 0 Å². The number of benzene rings is 1. The van der Waals surface area contributed by atoms with Crippen LogP contribution in [0.2, 0.25) is 0 Å². The predicted octanol–water partition coefficient (Wildman–Crippen LogP) is 4.49. The maximum absolute atomic E-state index is 13.2. The standard InChI is InChI=1S/C23H25FN4OS2/c1-2-21-26-19(16-30-21)14-27-10-12-28(13-11-27)23(29)20-4-3-9-25-22(20)31-15-17-5-7-18(24)8-6-17/h3-9,16H,2,10-15H2,1H3. The molecule has 2 aromatic heterocycles. The molecule has 4 rings (SSSR count). The van der Waals surface area contributed by atoms with Crippen LogP contribution in [0.3, 0.4) is 0 Å². The van der Waals surface area contributed by atoms with Crippen molar-refractivity contribution in [1.29, 1.82) is 0 Å². The largest absolute Gasteiger partial charge is 0.336 e. The maximum Gasteiger partial charge on any atom is 0.256 e. The van der Waals surface area contributed by atoms with E-state index in [1.165, 1.54) is 28.9 Å². The molecule has 3 aromatic rings. The Kier molecular flexibility index (Phi) is 7.32. The van der Waals surface area contributed by atoms with Crippen LogP contribution in [0.5, 0.6) is 0 Å². The van der Waals surface area contributed by atoms with Crippen LogP contribution in [0.4, 0.5) is 4.39 Å². The van der Waals surface area contributed by atoms with Crippen molar-refractivity contribution in [3.05, 3.63) is 75.6 Å². The molecule has 0 spiro atoms. The van der Waals surface area contributed by atoms with E-state index in [0.717, 1.165) is 37.3 Å². The second kappa shape index (κ2) is 10.3. The van der Waals surface area contributed by atoms with E-state index in [0.29, 0.717) is 29.4 Å². The number of piperazine rings is 1. The second-order valence-electron chi connectivity index (χ2n) is 7.43. The van der Waals surface area contributed by atoms with Gasteiger partial charge in [0.05, 0.1) is 16.3 Å². The smallest absolute Gasteiger partial charge is 0.256 e. The number of pyridine rings is 1. The average Bonchev–Trinajstić information content (AvgIpc) is 3.26. The number of hydrogen-bond donors (Lipinski definition) is 0. The van der Waals surface area contributed by atoms with Gasteiger partial charge in [-0.05, 0) is 36.2 Å². The Morgan fingerprint density at radius 3 is 2.65 bits per heavy atom. The highest BCUT2D eigenvalue weighted by atomic mass is 32.2. The lowest BCUT2D eigenvalue weighted by Crippen LogP contribution is -2.48. The van der Waals surface area contributed by atoms with Crippen LogP contribution < -0.4 is 0 Å². The molecule has 5 nitrogen and oxygen atoms in total. The highest BCUT2D eigenvalue weighted by Gasteiger charge is 2.24. The average molecular weight is 457 g/mol. The van der Waals surface area contributed by atoms with E-state index >= 15 is 0 Å². The zero-order chi connectivity index (χ0) is 21.6. The number of carbonyl (C=O) groups excluding carboxylic acids is 1. The summed E-state index contributed by atoms with van der Waals surface area (Å²) in [5.41, 5.74) is 2.75. The number of carbonyl (C=O) groups is 1. The van der Waals surface area contributed by atoms with Gasteiger partial charge in [-0.2, -0.15) is 0 Å². The summed E-state index contributed by atoms with van der Waals surface area (Å²) in [5.74, 6) is 0.414. The second-order valence-corrected chi connectivity index (χ2v) is 9.33. The molecule has 162 valence electrons. The number of amides is 1. The van der Waals surface area contributed by atoms with Crippen LogP contribution in [0.25, 0.3) is 0 Å². The monoisotopic (exact) mass is 456 g/mol. The van der Waals surface area contributed by atoms with Gasteiger partial charge in [0.25, 0.3) is 5.91 Å². The van der Waals surface area contributed by atoms with Crippen LogP contribution in [-0.2, 0) is 18.7 Å². The molecule has 8 heteroatoms. The lowest BCUT2D eigenvalue weighted by atomic mass is 10.2. The molecule has 0 bridgehead atoms. The zero-order valence-corrected chi connectivity index (χ0v) is 19.1. The molecule has 3 heterocycles. The van der Waals surface area contributed by atoms with Crippen LogP contribution in [0.1, 0.15) is 33.5 Å². The summed E-state index contributed by atoms with van der Waals surface area (Å²) >= 11 is 3.22. The molecule has 0 aliphatic carbocycles. The fourth-order valence-electron chi connectivity index (χ4n) is 3.49. The number of halogens is 1. The van der Waals surface area contributed by atoms with Crippen LogP contribution in [-0.4, -0.2) is 51.9 Å². The summed E-state index contributed by atoms with van der Waals surface area (Å²) in [6.07, 6.45) is 2.68. The molecule has 1 aromatic carbocycles. The Balaban J connectivity index is 1.34. The van der Waals surface area contributed by atoms with E-state index in [-0.39, 0.29) is 11.7 Å². The number of hydrogen-bond acceptors (Lipinski definition) is 6. The van der Waals surface area contributed by atoms with Gasteiger partial charge in [0.1, 0.15) is 10.8 Å². The number of aryl methyl sites for hydroxylation is 1. The van der Waals surface area contributed by atoms with E-state index in [1.54, 1.807) is 35.7 Å². The molecule has 1 amide bonds. The first-order valence-corrected chi connectivity index (χ1v) is 12.3. The van der Waals surface area contributed by atoms with Crippen LogP contribution in [0, 0.1) is 5.82 Å². The minimum atomic E-state index is -0.248. The van der Waals surface area contributed by atoms with E-state index in [9.17, 15) is 9.18 Å². The first kappa shape index (κ1) is 21.9. The Hall–Kier alpha value is -2.29. The first-order valence-electron chi connectivity index (χ1n) is 10.4. The van der Waals surface area contributed by atoms with E-state index in [1.807, 2.05) is 11.0 Å². The van der Waals surface area contributed by atoms with Gasteiger partial charge < -0.3 is 4.90 Å². The Labute approximate surface area is 190 Å². The number of rotatable bonds is 7. The molecule has 0 radical (unpaired) electrons. The van der Waals surface area contributed by atoms with Crippen molar-refractivity contribution in [2.75, 3.05) is 26.2 Å². The summed E-state index contributed by atoms with van der Waals surface area (Å²) in [7, 11) is 0. The number of thiazole rings is 1. The Morgan fingerprint density at radius 2 is 1.94 bits per heavy atom. The minimum absolute atomic E-state index is 0.0243. The third-order valence-electron chi connectivity index (χ3n) is 5.24. The SMILES string of the molecule is CCc1nc(CN2CCN(C(=O)c3cccnc3SCc3ccc(F)cc3)CC2)cs1. The van der Waals surface area contributed by atoms with Crippen molar-refractivity contribution in [2.24, 2.45) is 0 Å². The zero-order valence-electron chi connectivity index (χ0n) is 17.5. The molecular weight excluding hydrogens is 431 g/mol. The summed E-state index contributed by atoms with van der Waals surface area (Å²) in [6.45, 7) is 6.02. The van der Waals surface area contributed by atoms with E-state index in [4.69, 9.17) is 0 Å². The normalized spacial score (nSPS) is 14.7. The first-order chi connectivity index (χ1) is 15.1. The molecule has 0 atom stereocenters. The predicted molar refractivity (Wildman–Crippen MR) is 123 cm³/mol. The fraction of sp³-hybridized carbons (Fsp3) is 0.348. The minimum Gasteiger partial charge on any atom is -0.336 e. The lowest BCUT2D eigenvalue weighted by molar-refractivity contribution is 0.0623. The highest BCUT2D eigenvalue weighted by molar-refractivity contribution is 7.98. The van der Waals surface area contributed by atoms with E-state index < -0.39 is 0 Å². The summed E-state index contributed by atoms with van der Waals surface area (Å²) in [5, 5.41) is 4.02. The maximum atomic E-state index is 13.2. The van der Waals surface area contributed by atoms with Crippen molar-refractivity contribution < 1.29 is 9.18 Å². The molecule has 0 saturated carbocycles. The number of thioether (sulfide) groups is 1. The highest BCUT2D eigenvalue weighted by Crippen LogP contribution is 2.26. The molecule has 1 fully saturated rings. The van der Waals surface area contributed by atoms with Gasteiger partial charge in [-0.25, -0.2) is 14.4 Å². The summed E-state index contributed by atoms with van der Waals surface area (Å²) < 4.78 is 13.1. The Morgan fingerprint density at radius 1 is 1.16 bits per heavy atom. The van der Waals surface area contributed by atoms with Gasteiger partial charge in [-0.3, -0.25) is 9.69 Å². The molecule has 0 N–H and O–H groups in total. The van der Waals surface area contributed by atoms with Crippen LogP contribution >= 0.6 is 23.1 Å². The summed E-state index contributed by atoms with van der Waals surface area (Å²) in [6, 6.07) is 10.1. The van der Waals surface area contributed by atoms with Crippen molar-refractivity contribution in [3.63, 3.8) is 0 Å². The van der Waals surface area contributed by atoms with Gasteiger partial charge in [-0.1, -0.05) is 19.1 Å². The Bertz CT molecular complexity index is 1020. The molecular formula is C23H25FN4OS2. The molecule has 1 saturated heterocycles. The lowest BCUT2D eigenvalue weighted by Gasteiger charge is -2.34. The van der Waals surface area contributed by atoms with Crippen molar-refractivity contribution in [3.8, 4) is 0 Å². The fourth-order valence-corrected chi connectivity index (χ4v) is 5.17. The van der Waals surface area contributed by atoms with Gasteiger partial charge in [-0.15, -0.1) is 23.1 Å².